The van der Waals surface area contributed by atoms with Crippen LogP contribution < -0.4 is 5.32 Å². The molecule has 0 radical (unpaired) electrons. The number of carbonyl (C=O) groups is 1. The van der Waals surface area contributed by atoms with Crippen LogP contribution in [0.2, 0.25) is 0 Å². The van der Waals surface area contributed by atoms with Crippen LogP contribution in [0, 0.1) is 5.82 Å². The minimum Gasteiger partial charge on any atom is -0.378 e. The summed E-state index contributed by atoms with van der Waals surface area (Å²) in [6.45, 7) is 0.335. The van der Waals surface area contributed by atoms with Gasteiger partial charge in [-0.1, -0.05) is 6.07 Å². The molecule has 0 unspecified atom stereocenters. The zero-order valence-electron chi connectivity index (χ0n) is 8.57. The zero-order valence-corrected chi connectivity index (χ0v) is 8.57. The normalized spacial score (nSPS) is 24.4. The second-order valence-corrected chi connectivity index (χ2v) is 3.80. The lowest BCUT2D eigenvalue weighted by atomic mass is 10.0. The van der Waals surface area contributed by atoms with Crippen LogP contribution in [0.4, 0.5) is 10.1 Å². The standard InChI is InChI=1S/C11H12FNO3/c12-8-2-1-3-9(6-8)13-10(14)11(15)4-5-16-7-11/h1-3,6,15H,4-5,7H2,(H,13,14)/t11-/m0/s1. The molecular formula is C11H12FNO3. The zero-order chi connectivity index (χ0) is 11.6. The molecule has 2 N–H and O–H groups in total. The molecule has 1 atom stereocenters. The molecular weight excluding hydrogens is 213 g/mol. The number of aliphatic hydroxyl groups is 1. The number of hydrogen-bond acceptors (Lipinski definition) is 3. The average Bonchev–Trinajstić information content (AvgIpc) is 2.66. The van der Waals surface area contributed by atoms with Gasteiger partial charge in [-0.15, -0.1) is 0 Å². The van der Waals surface area contributed by atoms with Crippen molar-refractivity contribution in [3.63, 3.8) is 0 Å². The second-order valence-electron chi connectivity index (χ2n) is 3.80. The Morgan fingerprint density at radius 3 is 3.00 bits per heavy atom. The SMILES string of the molecule is O=C(Nc1cccc(F)c1)[C@]1(O)CCOC1. The van der Waals surface area contributed by atoms with Gasteiger partial charge in [0, 0.05) is 12.1 Å². The highest BCUT2D eigenvalue weighted by Gasteiger charge is 2.40. The maximum atomic E-state index is 12.9. The molecule has 86 valence electrons. The summed E-state index contributed by atoms with van der Waals surface area (Å²) in [6, 6.07) is 5.51. The molecule has 1 aromatic carbocycles. The quantitative estimate of drug-likeness (QED) is 0.786. The number of benzene rings is 1. The van der Waals surface area contributed by atoms with Crippen molar-refractivity contribution < 1.29 is 19.0 Å². The largest absolute Gasteiger partial charge is 0.378 e. The van der Waals surface area contributed by atoms with Gasteiger partial charge in [-0.05, 0) is 18.2 Å². The monoisotopic (exact) mass is 225 g/mol. The van der Waals surface area contributed by atoms with Crippen molar-refractivity contribution >= 4 is 11.6 Å². The molecule has 5 heteroatoms. The van der Waals surface area contributed by atoms with Gasteiger partial charge in [0.05, 0.1) is 13.2 Å². The summed E-state index contributed by atoms with van der Waals surface area (Å²) in [4.78, 5) is 11.7. The lowest BCUT2D eigenvalue weighted by Crippen LogP contribution is -2.43. The minimum absolute atomic E-state index is 0.0197. The number of carbonyl (C=O) groups excluding carboxylic acids is 1. The average molecular weight is 225 g/mol. The molecule has 0 aromatic heterocycles. The van der Waals surface area contributed by atoms with Gasteiger partial charge in [-0.25, -0.2) is 4.39 Å². The van der Waals surface area contributed by atoms with Crippen molar-refractivity contribution in [1.29, 1.82) is 0 Å². The Hall–Kier alpha value is -1.46. The third-order valence-electron chi connectivity index (χ3n) is 2.51. The first-order valence-corrected chi connectivity index (χ1v) is 4.97. The molecule has 4 nitrogen and oxygen atoms in total. The number of nitrogens with one attached hydrogen (secondary N) is 1. The van der Waals surface area contributed by atoms with Crippen LogP contribution in [-0.2, 0) is 9.53 Å². The van der Waals surface area contributed by atoms with Crippen molar-refractivity contribution in [2.45, 2.75) is 12.0 Å². The number of halogens is 1. The van der Waals surface area contributed by atoms with E-state index in [2.05, 4.69) is 5.32 Å². The summed E-state index contributed by atoms with van der Waals surface area (Å²) in [5.41, 5.74) is -1.17. The Bertz CT molecular complexity index is 402. The summed E-state index contributed by atoms with van der Waals surface area (Å²) >= 11 is 0. The summed E-state index contributed by atoms with van der Waals surface area (Å²) < 4.78 is 17.8. The van der Waals surface area contributed by atoms with Crippen molar-refractivity contribution in [2.75, 3.05) is 18.5 Å². The summed E-state index contributed by atoms with van der Waals surface area (Å²) in [5.74, 6) is -0.997. The van der Waals surface area contributed by atoms with Crippen LogP contribution in [-0.4, -0.2) is 29.8 Å². The summed E-state index contributed by atoms with van der Waals surface area (Å²) in [7, 11) is 0. The van der Waals surface area contributed by atoms with E-state index in [1.165, 1.54) is 18.2 Å². The van der Waals surface area contributed by atoms with Crippen LogP contribution in [0.5, 0.6) is 0 Å². The lowest BCUT2D eigenvalue weighted by molar-refractivity contribution is -0.133. The molecule has 1 amide bonds. The molecule has 1 aliphatic heterocycles. The van der Waals surface area contributed by atoms with Gasteiger partial charge in [0.25, 0.3) is 5.91 Å². The Kier molecular flexibility index (Phi) is 2.89. The van der Waals surface area contributed by atoms with Crippen molar-refractivity contribution in [2.24, 2.45) is 0 Å². The van der Waals surface area contributed by atoms with Gasteiger partial charge in [-0.2, -0.15) is 0 Å². The van der Waals surface area contributed by atoms with E-state index in [1.54, 1.807) is 6.07 Å². The second kappa shape index (κ2) is 4.19. The summed E-state index contributed by atoms with van der Waals surface area (Å²) in [6.07, 6.45) is 0.258. The number of ether oxygens (including phenoxy) is 1. The molecule has 0 saturated carbocycles. The molecule has 1 saturated heterocycles. The van der Waals surface area contributed by atoms with Gasteiger partial charge in [0.2, 0.25) is 0 Å². The van der Waals surface area contributed by atoms with Gasteiger partial charge >= 0.3 is 0 Å². The fourth-order valence-electron chi connectivity index (χ4n) is 1.55. The molecule has 2 rings (SSSR count). The number of rotatable bonds is 2. The molecule has 0 spiro atoms. The van der Waals surface area contributed by atoms with E-state index in [-0.39, 0.29) is 13.0 Å². The van der Waals surface area contributed by atoms with E-state index in [9.17, 15) is 14.3 Å². The fourth-order valence-corrected chi connectivity index (χ4v) is 1.55. The molecule has 1 aliphatic rings. The molecule has 1 aromatic rings. The molecule has 1 fully saturated rings. The van der Waals surface area contributed by atoms with Crippen LogP contribution >= 0.6 is 0 Å². The smallest absolute Gasteiger partial charge is 0.258 e. The Morgan fingerprint density at radius 2 is 2.38 bits per heavy atom. The van der Waals surface area contributed by atoms with Gasteiger partial charge < -0.3 is 15.2 Å². The highest BCUT2D eigenvalue weighted by Crippen LogP contribution is 2.20. The van der Waals surface area contributed by atoms with Gasteiger partial charge in [0.15, 0.2) is 5.60 Å². The van der Waals surface area contributed by atoms with Crippen LogP contribution in [0.3, 0.4) is 0 Å². The molecule has 16 heavy (non-hydrogen) atoms. The predicted octanol–water partition coefficient (Wildman–Crippen LogP) is 0.916. The maximum Gasteiger partial charge on any atom is 0.258 e. The van der Waals surface area contributed by atoms with Crippen molar-refractivity contribution in [3.8, 4) is 0 Å². The lowest BCUT2D eigenvalue weighted by Gasteiger charge is -2.19. The van der Waals surface area contributed by atoms with E-state index in [4.69, 9.17) is 4.74 Å². The van der Waals surface area contributed by atoms with Crippen molar-refractivity contribution in [3.05, 3.63) is 30.1 Å². The number of hydrogen-bond donors (Lipinski definition) is 2. The van der Waals surface area contributed by atoms with Crippen molar-refractivity contribution in [1.82, 2.24) is 0 Å². The van der Waals surface area contributed by atoms with E-state index >= 15 is 0 Å². The van der Waals surface area contributed by atoms with E-state index in [0.717, 1.165) is 0 Å². The highest BCUT2D eigenvalue weighted by atomic mass is 19.1. The molecule has 0 bridgehead atoms. The van der Waals surface area contributed by atoms with Gasteiger partial charge in [-0.3, -0.25) is 4.79 Å². The first-order valence-electron chi connectivity index (χ1n) is 4.97. The maximum absolute atomic E-state index is 12.9. The number of anilines is 1. The highest BCUT2D eigenvalue weighted by molar-refractivity contribution is 5.97. The first kappa shape index (κ1) is 11.0. The van der Waals surface area contributed by atoms with E-state index in [0.29, 0.717) is 12.3 Å². The third-order valence-corrected chi connectivity index (χ3v) is 2.51. The van der Waals surface area contributed by atoms with Gasteiger partial charge in [0.1, 0.15) is 5.82 Å². The number of amides is 1. The molecule has 0 aliphatic carbocycles. The predicted molar refractivity (Wildman–Crippen MR) is 55.4 cm³/mol. The Balaban J connectivity index is 2.07. The minimum atomic E-state index is -1.49. The van der Waals surface area contributed by atoms with E-state index < -0.39 is 17.3 Å². The third kappa shape index (κ3) is 2.20. The Morgan fingerprint density at radius 1 is 1.56 bits per heavy atom. The van der Waals surface area contributed by atoms with E-state index in [1.807, 2.05) is 0 Å². The van der Waals surface area contributed by atoms with Crippen LogP contribution in [0.15, 0.2) is 24.3 Å². The first-order chi connectivity index (χ1) is 7.60. The topological polar surface area (TPSA) is 58.6 Å². The van der Waals surface area contributed by atoms with Crippen LogP contribution in [0.25, 0.3) is 0 Å². The summed E-state index contributed by atoms with van der Waals surface area (Å²) in [5, 5.41) is 12.3. The fraction of sp³-hybridized carbons (Fsp3) is 0.364. The Labute approximate surface area is 92.0 Å². The van der Waals surface area contributed by atoms with Crippen LogP contribution in [0.1, 0.15) is 6.42 Å². The molecule has 1 heterocycles.